The van der Waals surface area contributed by atoms with Crippen molar-refractivity contribution in [2.24, 2.45) is 0 Å². The molecule has 0 N–H and O–H groups in total. The van der Waals surface area contributed by atoms with Crippen molar-refractivity contribution in [3.05, 3.63) is 71.8 Å². The van der Waals surface area contributed by atoms with Crippen LogP contribution in [0.25, 0.3) is 0 Å². The van der Waals surface area contributed by atoms with Crippen molar-refractivity contribution in [1.82, 2.24) is 0 Å². The Balaban J connectivity index is 2.12. The van der Waals surface area contributed by atoms with Gasteiger partial charge >= 0.3 is 14.0 Å². The van der Waals surface area contributed by atoms with Crippen molar-refractivity contribution in [1.29, 1.82) is 0 Å². The molecule has 0 aliphatic carbocycles. The van der Waals surface area contributed by atoms with Crippen LogP contribution in [0, 0.1) is 0 Å². The number of ether oxygens (including phenoxy) is 2. The normalized spacial score (nSPS) is 12.9. The van der Waals surface area contributed by atoms with Gasteiger partial charge in [0.15, 0.2) is 6.07 Å². The maximum absolute atomic E-state index is 13.4. The summed E-state index contributed by atoms with van der Waals surface area (Å²) in [7, 11) is -4.04. The number of hydrogen-bond donors (Lipinski definition) is 0. The fourth-order valence-electron chi connectivity index (χ4n) is 2.27. The van der Waals surface area contributed by atoms with Crippen LogP contribution in [-0.4, -0.2) is 23.9 Å². The standard InChI is InChI=1S/C21H26ClO7P/c1-17(28-20(23)25-16-22)21(2,3)29-30(24,26-14-18-10-6-4-7-11-18)27-15-19-12-8-5-9-13-19/h4-13,17H,14-16H2,1-3H3. The molecule has 30 heavy (non-hydrogen) atoms. The Morgan fingerprint density at radius 3 is 1.87 bits per heavy atom. The summed E-state index contributed by atoms with van der Waals surface area (Å²) in [6.45, 7) is 4.83. The molecule has 9 heteroatoms. The smallest absolute Gasteiger partial charge is 0.428 e. The molecule has 2 aromatic carbocycles. The molecule has 0 saturated heterocycles. The van der Waals surface area contributed by atoms with Gasteiger partial charge < -0.3 is 9.47 Å². The number of carbonyl (C=O) groups excluding carboxylic acids is 1. The minimum Gasteiger partial charge on any atom is -0.428 e. The van der Waals surface area contributed by atoms with Gasteiger partial charge in [-0.25, -0.2) is 9.36 Å². The van der Waals surface area contributed by atoms with Gasteiger partial charge in [0, 0.05) is 0 Å². The third-order valence-electron chi connectivity index (χ3n) is 4.24. The molecule has 2 aromatic rings. The van der Waals surface area contributed by atoms with Gasteiger partial charge in [-0.1, -0.05) is 72.3 Å². The van der Waals surface area contributed by atoms with Crippen LogP contribution < -0.4 is 0 Å². The van der Waals surface area contributed by atoms with E-state index < -0.39 is 25.7 Å². The average molecular weight is 457 g/mol. The molecule has 0 fully saturated rings. The van der Waals surface area contributed by atoms with Crippen LogP contribution in [0.4, 0.5) is 4.79 Å². The summed E-state index contributed by atoms with van der Waals surface area (Å²) >= 11 is 5.36. The molecule has 0 amide bonds. The largest absolute Gasteiger partial charge is 0.509 e. The topological polar surface area (TPSA) is 80.3 Å². The highest BCUT2D eigenvalue weighted by Gasteiger charge is 2.41. The Labute approximate surface area is 181 Å². The lowest BCUT2D eigenvalue weighted by molar-refractivity contribution is -0.0697. The van der Waals surface area contributed by atoms with Crippen molar-refractivity contribution >= 4 is 25.6 Å². The number of alkyl halides is 1. The second kappa shape index (κ2) is 11.5. The van der Waals surface area contributed by atoms with E-state index in [1.54, 1.807) is 20.8 Å². The van der Waals surface area contributed by atoms with Crippen molar-refractivity contribution in [2.45, 2.75) is 45.7 Å². The van der Waals surface area contributed by atoms with Gasteiger partial charge in [-0.15, -0.1) is 0 Å². The van der Waals surface area contributed by atoms with E-state index in [9.17, 15) is 9.36 Å². The summed E-state index contributed by atoms with van der Waals surface area (Å²) in [5.41, 5.74) is 0.392. The van der Waals surface area contributed by atoms with E-state index in [-0.39, 0.29) is 19.3 Å². The summed E-state index contributed by atoms with van der Waals surface area (Å²) in [5.74, 6) is 0. The lowest BCUT2D eigenvalue weighted by Gasteiger charge is -2.33. The zero-order valence-corrected chi connectivity index (χ0v) is 18.8. The predicted molar refractivity (Wildman–Crippen MR) is 113 cm³/mol. The first-order valence-corrected chi connectivity index (χ1v) is 11.3. The monoisotopic (exact) mass is 456 g/mol. The molecule has 0 aliphatic rings. The summed E-state index contributed by atoms with van der Waals surface area (Å²) in [4.78, 5) is 11.6. The van der Waals surface area contributed by atoms with Crippen LogP contribution in [0.15, 0.2) is 60.7 Å². The molecule has 0 saturated carbocycles. The van der Waals surface area contributed by atoms with Gasteiger partial charge in [0.05, 0.1) is 13.2 Å². The van der Waals surface area contributed by atoms with E-state index in [1.807, 2.05) is 60.7 Å². The molecule has 164 valence electrons. The van der Waals surface area contributed by atoms with Gasteiger partial charge in [-0.2, -0.15) is 0 Å². The minimum atomic E-state index is -4.04. The summed E-state index contributed by atoms with van der Waals surface area (Å²) in [6.07, 6.45) is -1.79. The van der Waals surface area contributed by atoms with Crippen molar-refractivity contribution in [3.8, 4) is 0 Å². The molecule has 7 nitrogen and oxygen atoms in total. The molecule has 0 aromatic heterocycles. The molecule has 0 radical (unpaired) electrons. The first kappa shape index (κ1) is 24.4. The highest BCUT2D eigenvalue weighted by atomic mass is 35.5. The van der Waals surface area contributed by atoms with Gasteiger partial charge in [-0.3, -0.25) is 13.6 Å². The quantitative estimate of drug-likeness (QED) is 0.231. The predicted octanol–water partition coefficient (Wildman–Crippen LogP) is 6.06. The number of hydrogen-bond acceptors (Lipinski definition) is 7. The fourth-order valence-corrected chi connectivity index (χ4v) is 3.88. The van der Waals surface area contributed by atoms with E-state index in [2.05, 4.69) is 4.74 Å². The molecular weight excluding hydrogens is 431 g/mol. The van der Waals surface area contributed by atoms with Crippen LogP contribution in [0.1, 0.15) is 31.9 Å². The minimum absolute atomic E-state index is 0.0204. The third-order valence-corrected chi connectivity index (χ3v) is 5.93. The van der Waals surface area contributed by atoms with Gasteiger partial charge in [0.2, 0.25) is 0 Å². The first-order valence-electron chi connectivity index (χ1n) is 9.31. The van der Waals surface area contributed by atoms with Crippen molar-refractivity contribution in [3.63, 3.8) is 0 Å². The van der Waals surface area contributed by atoms with E-state index in [0.29, 0.717) is 0 Å². The zero-order chi connectivity index (χ0) is 22.0. The third kappa shape index (κ3) is 8.09. The zero-order valence-electron chi connectivity index (χ0n) is 17.2. The molecule has 1 atom stereocenters. The van der Waals surface area contributed by atoms with Crippen LogP contribution in [0.5, 0.6) is 0 Å². The van der Waals surface area contributed by atoms with Gasteiger partial charge in [0.1, 0.15) is 11.7 Å². The molecule has 0 aliphatic heterocycles. The number of halogens is 1. The Morgan fingerprint density at radius 1 is 0.967 bits per heavy atom. The molecule has 0 spiro atoms. The Hall–Kier alpha value is -1.89. The lowest BCUT2D eigenvalue weighted by atomic mass is 10.0. The van der Waals surface area contributed by atoms with E-state index >= 15 is 0 Å². The number of benzene rings is 2. The molecule has 2 rings (SSSR count). The maximum atomic E-state index is 13.4. The van der Waals surface area contributed by atoms with Crippen LogP contribution in [0.3, 0.4) is 0 Å². The second-order valence-electron chi connectivity index (χ2n) is 6.92. The lowest BCUT2D eigenvalue weighted by Crippen LogP contribution is -2.40. The Bertz CT molecular complexity index is 782. The first-order chi connectivity index (χ1) is 14.2. The summed E-state index contributed by atoms with van der Waals surface area (Å²) < 4.78 is 40.1. The SMILES string of the molecule is CC(OC(=O)OCCl)C(C)(C)OP(=O)(OCc1ccccc1)OCc1ccccc1. The average Bonchev–Trinajstić information content (AvgIpc) is 2.72. The number of rotatable bonds is 11. The van der Waals surface area contributed by atoms with E-state index in [1.165, 1.54) is 0 Å². The fraction of sp³-hybridized carbons (Fsp3) is 0.381. The van der Waals surface area contributed by atoms with Gasteiger partial charge in [-0.05, 0) is 31.9 Å². The van der Waals surface area contributed by atoms with Crippen LogP contribution in [0.2, 0.25) is 0 Å². The van der Waals surface area contributed by atoms with Crippen molar-refractivity contribution < 1.29 is 32.4 Å². The number of carbonyl (C=O) groups is 1. The Morgan fingerprint density at radius 2 is 1.43 bits per heavy atom. The number of phosphoric ester groups is 1. The molecular formula is C21H26ClO7P. The summed E-state index contributed by atoms with van der Waals surface area (Å²) in [5, 5.41) is 0. The van der Waals surface area contributed by atoms with Crippen LogP contribution in [-0.2, 0) is 40.8 Å². The molecule has 1 unspecified atom stereocenters. The van der Waals surface area contributed by atoms with Crippen molar-refractivity contribution in [2.75, 3.05) is 6.07 Å². The molecule has 0 bridgehead atoms. The Kier molecular flexibility index (Phi) is 9.34. The molecule has 0 heterocycles. The highest BCUT2D eigenvalue weighted by molar-refractivity contribution is 7.48. The van der Waals surface area contributed by atoms with Gasteiger partial charge in [0.25, 0.3) is 0 Å². The maximum Gasteiger partial charge on any atom is 0.509 e. The highest BCUT2D eigenvalue weighted by Crippen LogP contribution is 2.54. The summed E-state index contributed by atoms with van der Waals surface area (Å²) in [6, 6.07) is 18.1. The number of phosphoric acid groups is 1. The van der Waals surface area contributed by atoms with E-state index in [0.717, 1.165) is 11.1 Å². The van der Waals surface area contributed by atoms with E-state index in [4.69, 9.17) is 29.9 Å². The van der Waals surface area contributed by atoms with Crippen LogP contribution >= 0.6 is 19.4 Å². The second-order valence-corrected chi connectivity index (χ2v) is 8.74.